The fourth-order valence-corrected chi connectivity index (χ4v) is 5.26. The lowest BCUT2D eigenvalue weighted by atomic mass is 9.94. The zero-order valence-corrected chi connectivity index (χ0v) is 21.7. The van der Waals surface area contributed by atoms with E-state index in [1.165, 1.54) is 6.26 Å². The van der Waals surface area contributed by atoms with Crippen molar-refractivity contribution in [2.24, 2.45) is 5.92 Å². The second kappa shape index (κ2) is 11.3. The van der Waals surface area contributed by atoms with Crippen molar-refractivity contribution in [1.82, 2.24) is 24.8 Å². The number of hydrogen-bond donors (Lipinski definition) is 2. The van der Waals surface area contributed by atoms with Crippen LogP contribution in [0.4, 0.5) is 5.82 Å². The van der Waals surface area contributed by atoms with Gasteiger partial charge in [-0.1, -0.05) is 25.1 Å². The molecular formula is C27H32N6O3S. The Kier molecular flexibility index (Phi) is 7.66. The van der Waals surface area contributed by atoms with E-state index in [-0.39, 0.29) is 17.7 Å². The lowest BCUT2D eigenvalue weighted by molar-refractivity contribution is 0.0839. The van der Waals surface area contributed by atoms with Crippen LogP contribution in [-0.2, 0) is 4.74 Å². The number of nitrogens with one attached hydrogen (secondary N) is 1. The molecule has 1 fully saturated rings. The van der Waals surface area contributed by atoms with Gasteiger partial charge < -0.3 is 24.4 Å². The summed E-state index contributed by atoms with van der Waals surface area (Å²) in [6, 6.07) is 11.5. The molecule has 4 aromatic rings. The van der Waals surface area contributed by atoms with E-state index in [1.807, 2.05) is 24.5 Å². The van der Waals surface area contributed by atoms with Crippen LogP contribution in [0.2, 0.25) is 0 Å². The van der Waals surface area contributed by atoms with Crippen molar-refractivity contribution in [3.05, 3.63) is 54.7 Å². The molecule has 1 atom stereocenters. The van der Waals surface area contributed by atoms with Gasteiger partial charge in [0.15, 0.2) is 16.7 Å². The minimum Gasteiger partial charge on any atom is -0.459 e. The SMILES string of the molecule is CCC(COCCC1CCN(C(=S)NC(=O)c2ccco2)CC1)n1cnc2c(N)nc3ccccc3c21. The zero-order valence-electron chi connectivity index (χ0n) is 20.9. The highest BCUT2D eigenvalue weighted by Crippen LogP contribution is 2.30. The number of fused-ring (bicyclic) bond motifs is 3. The summed E-state index contributed by atoms with van der Waals surface area (Å²) in [4.78, 5) is 23.3. The molecule has 0 bridgehead atoms. The molecule has 0 saturated carbocycles. The van der Waals surface area contributed by atoms with E-state index in [2.05, 4.69) is 37.7 Å². The maximum Gasteiger partial charge on any atom is 0.293 e. The Morgan fingerprint density at radius 3 is 2.84 bits per heavy atom. The van der Waals surface area contributed by atoms with E-state index in [0.717, 1.165) is 60.7 Å². The van der Waals surface area contributed by atoms with Crippen molar-refractivity contribution in [1.29, 1.82) is 0 Å². The predicted molar refractivity (Wildman–Crippen MR) is 147 cm³/mol. The molecular weight excluding hydrogens is 488 g/mol. The number of pyridine rings is 1. The molecule has 1 aliphatic rings. The molecule has 4 heterocycles. The number of ether oxygens (including phenoxy) is 1. The highest BCUT2D eigenvalue weighted by Gasteiger charge is 2.23. The number of thiocarbonyl (C=S) groups is 1. The van der Waals surface area contributed by atoms with E-state index in [1.54, 1.807) is 12.1 Å². The average molecular weight is 521 g/mol. The van der Waals surface area contributed by atoms with Gasteiger partial charge in [0.05, 0.1) is 36.3 Å². The number of nitrogens with two attached hydrogens (primary N) is 1. The van der Waals surface area contributed by atoms with Gasteiger partial charge in [-0.15, -0.1) is 0 Å². The number of amides is 1. The maximum atomic E-state index is 12.2. The summed E-state index contributed by atoms with van der Waals surface area (Å²) in [6.07, 6.45) is 7.28. The van der Waals surface area contributed by atoms with Crippen molar-refractivity contribution in [3.63, 3.8) is 0 Å². The summed E-state index contributed by atoms with van der Waals surface area (Å²) in [6.45, 7) is 5.13. The lowest BCUT2D eigenvalue weighted by Gasteiger charge is -2.33. The van der Waals surface area contributed by atoms with Crippen molar-refractivity contribution in [3.8, 4) is 0 Å². The first-order valence-electron chi connectivity index (χ1n) is 12.8. The van der Waals surface area contributed by atoms with Crippen molar-refractivity contribution < 1.29 is 13.9 Å². The third-order valence-electron chi connectivity index (χ3n) is 7.15. The number of carbonyl (C=O) groups is 1. The summed E-state index contributed by atoms with van der Waals surface area (Å²) in [7, 11) is 0. The first kappa shape index (κ1) is 25.2. The van der Waals surface area contributed by atoms with Crippen molar-refractivity contribution in [2.75, 3.05) is 32.0 Å². The molecule has 3 N–H and O–H groups in total. The minimum absolute atomic E-state index is 0.159. The van der Waals surface area contributed by atoms with Crippen LogP contribution >= 0.6 is 12.2 Å². The number of furan rings is 1. The molecule has 1 aliphatic heterocycles. The fourth-order valence-electron chi connectivity index (χ4n) is 4.98. The standard InChI is InChI=1S/C27H32N6O3S/c1-2-19(33-17-29-23-24(33)20-6-3-4-7-21(20)30-25(23)28)16-35-15-11-18-9-12-32(13-10-18)27(37)31-26(34)22-8-5-14-36-22/h3-8,14,17-19H,2,9-13,15-16H2,1H3,(H2,28,30)(H,31,34,37). The summed E-state index contributed by atoms with van der Waals surface area (Å²) in [5.74, 6) is 0.976. The molecule has 9 nitrogen and oxygen atoms in total. The van der Waals surface area contributed by atoms with Crippen LogP contribution in [0.5, 0.6) is 0 Å². The van der Waals surface area contributed by atoms with Gasteiger partial charge >= 0.3 is 0 Å². The third-order valence-corrected chi connectivity index (χ3v) is 7.51. The Balaban J connectivity index is 1.11. The number of benzene rings is 1. The van der Waals surface area contributed by atoms with Crippen LogP contribution in [0, 0.1) is 5.92 Å². The average Bonchev–Trinajstić information content (AvgIpc) is 3.61. The maximum absolute atomic E-state index is 12.2. The van der Waals surface area contributed by atoms with E-state index in [9.17, 15) is 4.79 Å². The second-order valence-electron chi connectivity index (χ2n) is 9.46. The van der Waals surface area contributed by atoms with Crippen LogP contribution < -0.4 is 11.1 Å². The van der Waals surface area contributed by atoms with E-state index >= 15 is 0 Å². The van der Waals surface area contributed by atoms with E-state index < -0.39 is 0 Å². The Hall–Kier alpha value is -3.50. The Morgan fingerprint density at radius 1 is 1.27 bits per heavy atom. The molecule has 1 amide bonds. The summed E-state index contributed by atoms with van der Waals surface area (Å²) in [5.41, 5.74) is 8.83. The van der Waals surface area contributed by atoms with Gasteiger partial charge in [-0.25, -0.2) is 9.97 Å². The quantitative estimate of drug-likeness (QED) is 0.257. The summed E-state index contributed by atoms with van der Waals surface area (Å²) < 4.78 is 13.5. The monoisotopic (exact) mass is 520 g/mol. The van der Waals surface area contributed by atoms with Crippen LogP contribution in [-0.4, -0.2) is 56.8 Å². The van der Waals surface area contributed by atoms with Crippen LogP contribution in [0.1, 0.15) is 49.2 Å². The predicted octanol–water partition coefficient (Wildman–Crippen LogP) is 4.54. The fraction of sp³-hybridized carbons (Fsp3) is 0.407. The number of hydrogen-bond acceptors (Lipinski definition) is 7. The first-order chi connectivity index (χ1) is 18.0. The lowest BCUT2D eigenvalue weighted by Crippen LogP contribution is -2.46. The number of anilines is 1. The van der Waals surface area contributed by atoms with Gasteiger partial charge in [0, 0.05) is 25.1 Å². The third kappa shape index (κ3) is 5.45. The first-order valence-corrected chi connectivity index (χ1v) is 13.2. The van der Waals surface area contributed by atoms with E-state index in [0.29, 0.717) is 30.1 Å². The molecule has 10 heteroatoms. The molecule has 0 aliphatic carbocycles. The molecule has 0 radical (unpaired) electrons. The smallest absolute Gasteiger partial charge is 0.293 e. The van der Waals surface area contributed by atoms with Crippen LogP contribution in [0.3, 0.4) is 0 Å². The number of piperidine rings is 1. The number of para-hydroxylation sites is 1. The Labute approximate surface area is 221 Å². The topological polar surface area (TPSA) is 111 Å². The highest BCUT2D eigenvalue weighted by molar-refractivity contribution is 7.80. The summed E-state index contributed by atoms with van der Waals surface area (Å²) >= 11 is 5.43. The number of carbonyl (C=O) groups excluding carboxylic acids is 1. The van der Waals surface area contributed by atoms with Gasteiger partial charge in [-0.05, 0) is 62.0 Å². The normalized spacial score (nSPS) is 15.3. The van der Waals surface area contributed by atoms with Crippen LogP contribution in [0.15, 0.2) is 53.4 Å². The molecule has 1 saturated heterocycles. The second-order valence-corrected chi connectivity index (χ2v) is 9.84. The largest absolute Gasteiger partial charge is 0.459 e. The zero-order chi connectivity index (χ0) is 25.8. The highest BCUT2D eigenvalue weighted by atomic mass is 32.1. The molecule has 0 spiro atoms. The molecule has 194 valence electrons. The number of nitrogen functional groups attached to an aromatic ring is 1. The molecule has 1 aromatic carbocycles. The Bertz CT molecular complexity index is 1380. The molecule has 5 rings (SSSR count). The number of aromatic nitrogens is 3. The molecule has 3 aromatic heterocycles. The van der Waals surface area contributed by atoms with Gasteiger partial charge in [0.1, 0.15) is 5.52 Å². The van der Waals surface area contributed by atoms with Crippen LogP contribution in [0.25, 0.3) is 21.9 Å². The van der Waals surface area contributed by atoms with Gasteiger partial charge in [0.25, 0.3) is 5.91 Å². The van der Waals surface area contributed by atoms with Gasteiger partial charge in [-0.3, -0.25) is 10.1 Å². The minimum atomic E-state index is -0.311. The molecule has 1 unspecified atom stereocenters. The number of imidazole rings is 1. The molecule has 37 heavy (non-hydrogen) atoms. The Morgan fingerprint density at radius 2 is 2.08 bits per heavy atom. The number of nitrogens with zero attached hydrogens (tertiary/aromatic N) is 4. The van der Waals surface area contributed by atoms with Crippen molar-refractivity contribution in [2.45, 2.75) is 38.6 Å². The number of likely N-dealkylation sites (tertiary alicyclic amines) is 1. The number of rotatable bonds is 8. The van der Waals surface area contributed by atoms with E-state index in [4.69, 9.17) is 27.1 Å². The summed E-state index contributed by atoms with van der Waals surface area (Å²) in [5, 5.41) is 4.26. The van der Waals surface area contributed by atoms with Gasteiger partial charge in [0.2, 0.25) is 0 Å². The van der Waals surface area contributed by atoms with Gasteiger partial charge in [-0.2, -0.15) is 0 Å². The van der Waals surface area contributed by atoms with Crippen molar-refractivity contribution >= 4 is 51.0 Å².